The predicted molar refractivity (Wildman–Crippen MR) is 75.3 cm³/mol. The number of unbranched alkanes of at least 4 members (excludes halogenated alkanes) is 1. The zero-order valence-electron chi connectivity index (χ0n) is 10.4. The van der Waals surface area contributed by atoms with Gasteiger partial charge in [-0.25, -0.2) is 0 Å². The monoisotopic (exact) mass is 249 g/mol. The molecular formula is C15H20ClN. The smallest absolute Gasteiger partial charge is 0.0408 e. The second-order valence-electron chi connectivity index (χ2n) is 4.18. The summed E-state index contributed by atoms with van der Waals surface area (Å²) in [7, 11) is 0. The van der Waals surface area contributed by atoms with E-state index >= 15 is 0 Å². The summed E-state index contributed by atoms with van der Waals surface area (Å²) in [5, 5.41) is 4.30. The molecule has 1 rings (SSSR count). The largest absolute Gasteiger partial charge is 0.314 e. The first-order valence-electron chi connectivity index (χ1n) is 6.17. The normalized spacial score (nSPS) is 12.1. The van der Waals surface area contributed by atoms with Gasteiger partial charge in [-0.15, -0.1) is 12.3 Å². The van der Waals surface area contributed by atoms with Crippen LogP contribution in [0.4, 0.5) is 0 Å². The molecule has 92 valence electrons. The van der Waals surface area contributed by atoms with Crippen LogP contribution in [0.1, 0.15) is 31.7 Å². The number of benzene rings is 1. The SMILES string of the molecule is C#CCCCC(Cc1cccc(Cl)c1)NCC. The average molecular weight is 250 g/mol. The van der Waals surface area contributed by atoms with Crippen LogP contribution in [0.15, 0.2) is 24.3 Å². The van der Waals surface area contributed by atoms with E-state index < -0.39 is 0 Å². The Hall–Kier alpha value is -0.970. The Bertz CT molecular complexity index is 367. The van der Waals surface area contributed by atoms with Crippen molar-refractivity contribution in [3.63, 3.8) is 0 Å². The van der Waals surface area contributed by atoms with E-state index in [0.717, 1.165) is 37.3 Å². The fourth-order valence-electron chi connectivity index (χ4n) is 1.96. The van der Waals surface area contributed by atoms with Gasteiger partial charge in [-0.1, -0.05) is 30.7 Å². The number of rotatable bonds is 7. The molecule has 0 saturated heterocycles. The highest BCUT2D eigenvalue weighted by Gasteiger charge is 2.08. The average Bonchev–Trinajstić information content (AvgIpc) is 2.29. The number of nitrogens with one attached hydrogen (secondary N) is 1. The Kier molecular flexibility index (Phi) is 6.77. The quantitative estimate of drug-likeness (QED) is 0.574. The van der Waals surface area contributed by atoms with Crippen LogP contribution in [0.3, 0.4) is 0 Å². The number of hydrogen-bond donors (Lipinski definition) is 1. The van der Waals surface area contributed by atoms with Crippen molar-refractivity contribution in [2.45, 2.75) is 38.6 Å². The Morgan fingerprint density at radius 3 is 2.94 bits per heavy atom. The molecule has 1 N–H and O–H groups in total. The van der Waals surface area contributed by atoms with E-state index in [1.165, 1.54) is 5.56 Å². The van der Waals surface area contributed by atoms with E-state index in [2.05, 4.69) is 24.2 Å². The molecule has 0 heterocycles. The number of halogens is 1. The van der Waals surface area contributed by atoms with Crippen LogP contribution in [0.5, 0.6) is 0 Å². The minimum absolute atomic E-state index is 0.492. The minimum atomic E-state index is 0.492. The molecule has 0 saturated carbocycles. The van der Waals surface area contributed by atoms with Crippen molar-refractivity contribution in [1.29, 1.82) is 0 Å². The Labute approximate surface area is 110 Å². The van der Waals surface area contributed by atoms with Gasteiger partial charge in [-0.05, 0) is 43.5 Å². The van der Waals surface area contributed by atoms with E-state index in [1.807, 2.05) is 18.2 Å². The summed E-state index contributed by atoms with van der Waals surface area (Å²) in [6.45, 7) is 3.12. The molecular weight excluding hydrogens is 230 g/mol. The van der Waals surface area contributed by atoms with Crippen LogP contribution in [-0.4, -0.2) is 12.6 Å². The lowest BCUT2D eigenvalue weighted by atomic mass is 10.0. The molecule has 0 radical (unpaired) electrons. The second-order valence-corrected chi connectivity index (χ2v) is 4.62. The van der Waals surface area contributed by atoms with Crippen LogP contribution < -0.4 is 5.32 Å². The molecule has 0 bridgehead atoms. The highest BCUT2D eigenvalue weighted by Crippen LogP contribution is 2.14. The van der Waals surface area contributed by atoms with Crippen LogP contribution >= 0.6 is 11.6 Å². The summed E-state index contributed by atoms with van der Waals surface area (Å²) in [6.07, 6.45) is 9.34. The van der Waals surface area contributed by atoms with Crippen LogP contribution in [0, 0.1) is 12.3 Å². The first-order chi connectivity index (χ1) is 8.26. The summed E-state index contributed by atoms with van der Waals surface area (Å²) < 4.78 is 0. The molecule has 1 aromatic carbocycles. The molecule has 0 aliphatic rings. The van der Waals surface area contributed by atoms with Gasteiger partial charge >= 0.3 is 0 Å². The highest BCUT2D eigenvalue weighted by atomic mass is 35.5. The summed E-state index contributed by atoms with van der Waals surface area (Å²) in [5.74, 6) is 2.69. The number of likely N-dealkylation sites (N-methyl/N-ethyl adjacent to an activating group) is 1. The van der Waals surface area contributed by atoms with Gasteiger partial charge in [0.25, 0.3) is 0 Å². The molecule has 1 aromatic rings. The van der Waals surface area contributed by atoms with E-state index in [4.69, 9.17) is 18.0 Å². The summed E-state index contributed by atoms with van der Waals surface area (Å²) >= 11 is 5.99. The maximum absolute atomic E-state index is 5.99. The third kappa shape index (κ3) is 5.77. The van der Waals surface area contributed by atoms with E-state index in [1.54, 1.807) is 0 Å². The third-order valence-corrected chi connectivity index (χ3v) is 2.97. The van der Waals surface area contributed by atoms with E-state index in [-0.39, 0.29) is 0 Å². The van der Waals surface area contributed by atoms with Crippen molar-refractivity contribution in [3.8, 4) is 12.3 Å². The first kappa shape index (κ1) is 14.1. The second kappa shape index (κ2) is 8.17. The molecule has 0 spiro atoms. The van der Waals surface area contributed by atoms with Gasteiger partial charge in [0, 0.05) is 17.5 Å². The van der Waals surface area contributed by atoms with Gasteiger partial charge in [0.2, 0.25) is 0 Å². The van der Waals surface area contributed by atoms with Crippen molar-refractivity contribution >= 4 is 11.6 Å². The highest BCUT2D eigenvalue weighted by molar-refractivity contribution is 6.30. The van der Waals surface area contributed by atoms with Crippen LogP contribution in [-0.2, 0) is 6.42 Å². The summed E-state index contributed by atoms with van der Waals surface area (Å²) in [5.41, 5.74) is 1.28. The lowest BCUT2D eigenvalue weighted by Gasteiger charge is -2.17. The van der Waals surface area contributed by atoms with Crippen molar-refractivity contribution < 1.29 is 0 Å². The molecule has 2 heteroatoms. The maximum atomic E-state index is 5.99. The van der Waals surface area contributed by atoms with Gasteiger partial charge in [0.15, 0.2) is 0 Å². The van der Waals surface area contributed by atoms with Gasteiger partial charge in [-0.3, -0.25) is 0 Å². The van der Waals surface area contributed by atoms with Crippen molar-refractivity contribution in [3.05, 3.63) is 34.9 Å². The molecule has 0 aliphatic carbocycles. The molecule has 1 atom stereocenters. The predicted octanol–water partition coefficient (Wildman–Crippen LogP) is 3.66. The molecule has 1 nitrogen and oxygen atoms in total. The Morgan fingerprint density at radius 1 is 1.47 bits per heavy atom. The standard InChI is InChI=1S/C15H20ClN/c1-3-5-6-10-15(17-4-2)12-13-8-7-9-14(16)11-13/h1,7-9,11,15,17H,4-6,10,12H2,2H3. The van der Waals surface area contributed by atoms with Crippen molar-refractivity contribution in [2.75, 3.05) is 6.54 Å². The molecule has 0 amide bonds. The van der Waals surface area contributed by atoms with Gasteiger partial charge in [-0.2, -0.15) is 0 Å². The zero-order chi connectivity index (χ0) is 12.5. The zero-order valence-corrected chi connectivity index (χ0v) is 11.1. The van der Waals surface area contributed by atoms with Gasteiger partial charge in [0.05, 0.1) is 0 Å². The maximum Gasteiger partial charge on any atom is 0.0408 e. The van der Waals surface area contributed by atoms with Gasteiger partial charge < -0.3 is 5.32 Å². The Morgan fingerprint density at radius 2 is 2.29 bits per heavy atom. The first-order valence-corrected chi connectivity index (χ1v) is 6.55. The molecule has 1 unspecified atom stereocenters. The van der Waals surface area contributed by atoms with Crippen LogP contribution in [0.25, 0.3) is 0 Å². The van der Waals surface area contributed by atoms with Crippen LogP contribution in [0.2, 0.25) is 5.02 Å². The van der Waals surface area contributed by atoms with Crippen molar-refractivity contribution in [2.24, 2.45) is 0 Å². The molecule has 17 heavy (non-hydrogen) atoms. The molecule has 0 aliphatic heterocycles. The number of hydrogen-bond acceptors (Lipinski definition) is 1. The fourth-order valence-corrected chi connectivity index (χ4v) is 2.18. The molecule has 0 fully saturated rings. The van der Waals surface area contributed by atoms with E-state index in [0.29, 0.717) is 6.04 Å². The summed E-state index contributed by atoms with van der Waals surface area (Å²) in [6, 6.07) is 8.56. The van der Waals surface area contributed by atoms with Crippen molar-refractivity contribution in [1.82, 2.24) is 5.32 Å². The molecule has 0 aromatic heterocycles. The lowest BCUT2D eigenvalue weighted by molar-refractivity contribution is 0.479. The fraction of sp³-hybridized carbons (Fsp3) is 0.467. The lowest BCUT2D eigenvalue weighted by Crippen LogP contribution is -2.30. The Balaban J connectivity index is 2.51. The topological polar surface area (TPSA) is 12.0 Å². The van der Waals surface area contributed by atoms with E-state index in [9.17, 15) is 0 Å². The number of terminal acetylenes is 1. The summed E-state index contributed by atoms with van der Waals surface area (Å²) in [4.78, 5) is 0. The third-order valence-electron chi connectivity index (χ3n) is 2.74. The minimum Gasteiger partial charge on any atom is -0.314 e. The van der Waals surface area contributed by atoms with Gasteiger partial charge in [0.1, 0.15) is 0 Å².